The van der Waals surface area contributed by atoms with Gasteiger partial charge in [-0.15, -0.1) is 0 Å². The normalized spacial score (nSPS) is 17.5. The van der Waals surface area contributed by atoms with Gasteiger partial charge >= 0.3 is 7.80 Å². The van der Waals surface area contributed by atoms with E-state index in [0.717, 1.165) is 78.0 Å². The Morgan fingerprint density at radius 2 is 1.82 bits per heavy atom. The Labute approximate surface area is 201 Å². The van der Waals surface area contributed by atoms with Crippen molar-refractivity contribution in [2.45, 2.75) is 38.2 Å². The van der Waals surface area contributed by atoms with Crippen LogP contribution in [0, 0.1) is 0 Å². The lowest BCUT2D eigenvalue weighted by molar-refractivity contribution is 0.145. The lowest BCUT2D eigenvalue weighted by Gasteiger charge is -2.31. The zero-order valence-corrected chi connectivity index (χ0v) is 20.6. The SMILES string of the molecule is Cn1ccc2nc(Cc3ccc(N4CCC(O)CC4)cc3)nc(NC3=CCCC=C3[P+](C)=O)c21. The van der Waals surface area contributed by atoms with Crippen LogP contribution in [0.15, 0.2) is 59.7 Å². The number of hydrogen-bond donors (Lipinski definition) is 2. The fourth-order valence-corrected chi connectivity index (χ4v) is 5.61. The van der Waals surface area contributed by atoms with Crippen molar-refractivity contribution in [3.8, 4) is 0 Å². The van der Waals surface area contributed by atoms with Gasteiger partial charge in [0, 0.05) is 38.4 Å². The number of nitrogens with one attached hydrogen (secondary N) is 1. The highest BCUT2D eigenvalue weighted by atomic mass is 31.1. The predicted octanol–water partition coefficient (Wildman–Crippen LogP) is 4.95. The third kappa shape index (κ3) is 4.77. The van der Waals surface area contributed by atoms with Crippen molar-refractivity contribution >= 4 is 30.3 Å². The van der Waals surface area contributed by atoms with E-state index in [-0.39, 0.29) is 6.10 Å². The molecule has 176 valence electrons. The summed E-state index contributed by atoms with van der Waals surface area (Å²) in [7, 11) is 0.547. The highest BCUT2D eigenvalue weighted by Crippen LogP contribution is 2.38. The summed E-state index contributed by atoms with van der Waals surface area (Å²) in [5, 5.41) is 14.1. The molecule has 1 aliphatic carbocycles. The van der Waals surface area contributed by atoms with Gasteiger partial charge in [-0.3, -0.25) is 0 Å². The standard InChI is InChI=1S/C26H31N5O2P/c1-30-14-13-22-25(30)26(28-21-5-3-4-6-23(21)34(2)33)29-24(27-22)17-18-7-9-19(10-8-18)31-15-11-20(32)12-16-31/h5-10,13-14,20,32H,3-4,11-12,15-17H2,1-2H3,(H,27,28,29)/q+1. The van der Waals surface area contributed by atoms with E-state index < -0.39 is 7.80 Å². The van der Waals surface area contributed by atoms with Gasteiger partial charge < -0.3 is 19.9 Å². The van der Waals surface area contributed by atoms with Gasteiger partial charge in [0.15, 0.2) is 5.82 Å². The number of aliphatic hydroxyl groups excluding tert-OH is 1. The first-order chi connectivity index (χ1) is 16.5. The Morgan fingerprint density at radius 3 is 2.56 bits per heavy atom. The van der Waals surface area contributed by atoms with Crippen LogP contribution in [-0.4, -0.2) is 45.5 Å². The molecule has 0 spiro atoms. The van der Waals surface area contributed by atoms with Crippen LogP contribution in [0.5, 0.6) is 0 Å². The van der Waals surface area contributed by atoms with E-state index in [4.69, 9.17) is 9.97 Å². The molecule has 8 heteroatoms. The fourth-order valence-electron chi connectivity index (χ4n) is 4.74. The quantitative estimate of drug-likeness (QED) is 0.490. The number of allylic oxidation sites excluding steroid dienone is 3. The largest absolute Gasteiger partial charge is 0.393 e. The van der Waals surface area contributed by atoms with Gasteiger partial charge in [0.2, 0.25) is 5.31 Å². The summed E-state index contributed by atoms with van der Waals surface area (Å²) >= 11 is 0. The molecule has 34 heavy (non-hydrogen) atoms. The fraction of sp³-hybridized carbons (Fsp3) is 0.385. The summed E-state index contributed by atoms with van der Waals surface area (Å²) in [6.45, 7) is 3.53. The highest BCUT2D eigenvalue weighted by Gasteiger charge is 2.25. The molecule has 0 amide bonds. The monoisotopic (exact) mass is 476 g/mol. The molecule has 0 saturated carbocycles. The summed E-state index contributed by atoms with van der Waals surface area (Å²) in [6.07, 6.45) is 10.1. The number of anilines is 2. The molecule has 1 unspecified atom stereocenters. The molecule has 2 aromatic heterocycles. The Morgan fingerprint density at radius 1 is 1.09 bits per heavy atom. The minimum Gasteiger partial charge on any atom is -0.393 e. The summed E-state index contributed by atoms with van der Waals surface area (Å²) < 4.78 is 14.3. The molecular weight excluding hydrogens is 445 g/mol. The third-order valence-electron chi connectivity index (χ3n) is 6.62. The first kappa shape index (κ1) is 22.8. The zero-order chi connectivity index (χ0) is 23.7. The second-order valence-corrected chi connectivity index (χ2v) is 10.6. The first-order valence-corrected chi connectivity index (χ1v) is 13.6. The maximum absolute atomic E-state index is 12.3. The van der Waals surface area contributed by atoms with Crippen LogP contribution in [0.1, 0.15) is 37.1 Å². The number of piperidine rings is 1. The second-order valence-electron chi connectivity index (χ2n) is 9.12. The average molecular weight is 477 g/mol. The molecular formula is C26H31N5O2P+. The lowest BCUT2D eigenvalue weighted by Crippen LogP contribution is -2.35. The van der Waals surface area contributed by atoms with Crippen molar-refractivity contribution < 1.29 is 9.67 Å². The molecule has 1 fully saturated rings. The van der Waals surface area contributed by atoms with Crippen LogP contribution in [-0.2, 0) is 18.0 Å². The van der Waals surface area contributed by atoms with Crippen molar-refractivity contribution in [1.29, 1.82) is 0 Å². The molecule has 1 saturated heterocycles. The van der Waals surface area contributed by atoms with Gasteiger partial charge in [0.25, 0.3) is 0 Å². The number of rotatable bonds is 6. The van der Waals surface area contributed by atoms with Crippen LogP contribution in [0.3, 0.4) is 0 Å². The number of hydrogen-bond acceptors (Lipinski definition) is 6. The van der Waals surface area contributed by atoms with Gasteiger partial charge in [0.1, 0.15) is 18.0 Å². The Hall–Kier alpha value is -3.02. The van der Waals surface area contributed by atoms with Crippen molar-refractivity contribution in [1.82, 2.24) is 14.5 Å². The topological polar surface area (TPSA) is 83.3 Å². The maximum atomic E-state index is 12.3. The molecule has 2 aliphatic rings. The predicted molar refractivity (Wildman–Crippen MR) is 138 cm³/mol. The maximum Gasteiger partial charge on any atom is 0.375 e. The first-order valence-electron chi connectivity index (χ1n) is 11.9. The summed E-state index contributed by atoms with van der Waals surface area (Å²) in [5.74, 6) is 1.49. The molecule has 5 rings (SSSR count). The summed E-state index contributed by atoms with van der Waals surface area (Å²) in [5.41, 5.74) is 5.05. The van der Waals surface area contributed by atoms with Crippen molar-refractivity contribution in [3.05, 3.63) is 71.1 Å². The number of benzene rings is 1. The van der Waals surface area contributed by atoms with Crippen LogP contribution in [0.2, 0.25) is 0 Å². The van der Waals surface area contributed by atoms with Crippen LogP contribution in [0.25, 0.3) is 11.0 Å². The van der Waals surface area contributed by atoms with Gasteiger partial charge in [-0.1, -0.05) is 22.8 Å². The van der Waals surface area contributed by atoms with Gasteiger partial charge in [-0.25, -0.2) is 9.97 Å². The molecule has 1 atom stereocenters. The second kappa shape index (κ2) is 9.69. The van der Waals surface area contributed by atoms with E-state index in [0.29, 0.717) is 6.42 Å². The summed E-state index contributed by atoms with van der Waals surface area (Å²) in [4.78, 5) is 12.0. The third-order valence-corrected chi connectivity index (χ3v) is 7.72. The smallest absolute Gasteiger partial charge is 0.375 e. The van der Waals surface area contributed by atoms with E-state index in [1.54, 1.807) is 6.66 Å². The summed E-state index contributed by atoms with van der Waals surface area (Å²) in [6, 6.07) is 10.6. The molecule has 1 aliphatic heterocycles. The van der Waals surface area contributed by atoms with Gasteiger partial charge in [-0.2, -0.15) is 0 Å². The van der Waals surface area contributed by atoms with E-state index in [2.05, 4.69) is 46.6 Å². The van der Waals surface area contributed by atoms with Crippen molar-refractivity contribution in [3.63, 3.8) is 0 Å². The molecule has 0 radical (unpaired) electrons. The number of aromatic nitrogens is 3. The molecule has 7 nitrogen and oxygen atoms in total. The molecule has 3 heterocycles. The minimum atomic E-state index is -1.44. The number of aliphatic hydroxyl groups is 1. The number of aryl methyl sites for hydroxylation is 1. The number of nitrogens with zero attached hydrogens (tertiary/aromatic N) is 4. The minimum absolute atomic E-state index is 0.169. The van der Waals surface area contributed by atoms with Gasteiger partial charge in [-0.05, 0) is 55.5 Å². The van der Waals surface area contributed by atoms with Crippen LogP contribution >= 0.6 is 7.80 Å². The molecule has 2 N–H and O–H groups in total. The lowest BCUT2D eigenvalue weighted by atomic mass is 10.1. The van der Waals surface area contributed by atoms with E-state index in [9.17, 15) is 9.67 Å². The Bertz CT molecular complexity index is 1270. The Kier molecular flexibility index (Phi) is 6.48. The molecule has 1 aromatic carbocycles. The van der Waals surface area contributed by atoms with Crippen LogP contribution < -0.4 is 10.2 Å². The Balaban J connectivity index is 1.40. The van der Waals surface area contributed by atoms with Crippen molar-refractivity contribution in [2.24, 2.45) is 7.05 Å². The van der Waals surface area contributed by atoms with E-state index in [1.807, 2.05) is 23.9 Å². The van der Waals surface area contributed by atoms with Crippen molar-refractivity contribution in [2.75, 3.05) is 30.0 Å². The number of fused-ring (bicyclic) bond motifs is 1. The average Bonchev–Trinajstić information content (AvgIpc) is 3.21. The van der Waals surface area contributed by atoms with E-state index in [1.165, 1.54) is 5.69 Å². The van der Waals surface area contributed by atoms with Crippen LogP contribution in [0.4, 0.5) is 11.5 Å². The van der Waals surface area contributed by atoms with Gasteiger partial charge in [0.05, 0.1) is 17.3 Å². The van der Waals surface area contributed by atoms with E-state index >= 15 is 0 Å². The molecule has 3 aromatic rings. The highest BCUT2D eigenvalue weighted by molar-refractivity contribution is 7.49. The zero-order valence-electron chi connectivity index (χ0n) is 19.7. The molecule has 0 bridgehead atoms.